The van der Waals surface area contributed by atoms with Crippen molar-refractivity contribution in [1.82, 2.24) is 10.1 Å². The van der Waals surface area contributed by atoms with E-state index in [0.717, 1.165) is 34.5 Å². The minimum absolute atomic E-state index is 0.292. The lowest BCUT2D eigenvalue weighted by molar-refractivity contribution is -0.137. The Morgan fingerprint density at radius 2 is 2.00 bits per heavy atom. The summed E-state index contributed by atoms with van der Waals surface area (Å²) < 4.78 is 49.7. The molecule has 1 aliphatic rings. The third-order valence-corrected chi connectivity index (χ3v) is 4.49. The molecule has 0 saturated carbocycles. The molecule has 0 radical (unpaired) electrons. The van der Waals surface area contributed by atoms with E-state index in [0.29, 0.717) is 36.0 Å². The van der Waals surface area contributed by atoms with Crippen LogP contribution in [0.15, 0.2) is 35.0 Å². The molecule has 0 fully saturated rings. The lowest BCUT2D eigenvalue weighted by Gasteiger charge is -2.14. The van der Waals surface area contributed by atoms with Crippen LogP contribution in [0.3, 0.4) is 0 Å². The van der Waals surface area contributed by atoms with E-state index < -0.39 is 11.7 Å². The second-order valence-corrected chi connectivity index (χ2v) is 6.33. The van der Waals surface area contributed by atoms with Crippen molar-refractivity contribution in [2.45, 2.75) is 26.4 Å². The third kappa shape index (κ3) is 3.11. The molecule has 1 aliphatic heterocycles. The Bertz CT molecular complexity index is 992. The lowest BCUT2D eigenvalue weighted by Crippen LogP contribution is -2.05. The Morgan fingerprint density at radius 3 is 2.70 bits per heavy atom. The van der Waals surface area contributed by atoms with Gasteiger partial charge in [-0.15, -0.1) is 0 Å². The third-order valence-electron chi connectivity index (χ3n) is 4.49. The number of aryl methyl sites for hydroxylation is 2. The van der Waals surface area contributed by atoms with Crippen molar-refractivity contribution in [3.8, 4) is 16.9 Å². The second-order valence-electron chi connectivity index (χ2n) is 6.33. The predicted molar refractivity (Wildman–Crippen MR) is 93.1 cm³/mol. The van der Waals surface area contributed by atoms with Gasteiger partial charge in [-0.05, 0) is 32.0 Å². The van der Waals surface area contributed by atoms with Crippen LogP contribution in [0.4, 0.5) is 24.7 Å². The van der Waals surface area contributed by atoms with E-state index in [-0.39, 0.29) is 0 Å². The molecule has 0 saturated heterocycles. The van der Waals surface area contributed by atoms with E-state index in [1.165, 1.54) is 6.07 Å². The molecule has 0 bridgehead atoms. The van der Waals surface area contributed by atoms with Gasteiger partial charge in [0, 0.05) is 35.0 Å². The van der Waals surface area contributed by atoms with Crippen molar-refractivity contribution in [3.63, 3.8) is 0 Å². The van der Waals surface area contributed by atoms with E-state index in [1.54, 1.807) is 12.3 Å². The first-order chi connectivity index (χ1) is 12.8. The van der Waals surface area contributed by atoms with Crippen LogP contribution < -0.4 is 10.1 Å². The highest BCUT2D eigenvalue weighted by Gasteiger charge is 2.31. The number of aromatic nitrogens is 2. The standard InChI is InChI=1S/C19H16F3N3O2/c1-10-16(11(2)27-25-10)15-9-23-18(17-14(15)6-7-26-17)24-13-5-3-4-12(8-13)19(20,21)22/h3-5,8-9H,6-7H2,1-2H3,(H,23,24). The molecule has 5 nitrogen and oxygen atoms in total. The molecule has 8 heteroatoms. The molecule has 3 aromatic rings. The molecular weight excluding hydrogens is 359 g/mol. The number of anilines is 2. The molecule has 0 aliphatic carbocycles. The number of halogens is 3. The molecule has 0 unspecified atom stereocenters. The molecule has 140 valence electrons. The maximum absolute atomic E-state index is 12.9. The maximum Gasteiger partial charge on any atom is 0.416 e. The lowest BCUT2D eigenvalue weighted by atomic mass is 9.99. The summed E-state index contributed by atoms with van der Waals surface area (Å²) in [4.78, 5) is 4.39. The van der Waals surface area contributed by atoms with Gasteiger partial charge in [0.25, 0.3) is 0 Å². The van der Waals surface area contributed by atoms with Gasteiger partial charge < -0.3 is 14.6 Å². The van der Waals surface area contributed by atoms with Gasteiger partial charge in [0.2, 0.25) is 0 Å². The number of pyridine rings is 1. The van der Waals surface area contributed by atoms with Crippen molar-refractivity contribution in [3.05, 3.63) is 53.0 Å². The molecular formula is C19H16F3N3O2. The molecule has 1 N–H and O–H groups in total. The average molecular weight is 375 g/mol. The molecule has 3 heterocycles. The summed E-state index contributed by atoms with van der Waals surface area (Å²) in [7, 11) is 0. The number of benzene rings is 1. The fourth-order valence-corrected chi connectivity index (χ4v) is 3.27. The zero-order chi connectivity index (χ0) is 19.2. The van der Waals surface area contributed by atoms with Gasteiger partial charge >= 0.3 is 6.18 Å². The van der Waals surface area contributed by atoms with Crippen molar-refractivity contribution in [2.24, 2.45) is 0 Å². The van der Waals surface area contributed by atoms with Crippen molar-refractivity contribution >= 4 is 11.5 Å². The quantitative estimate of drug-likeness (QED) is 0.694. The number of nitrogens with zero attached hydrogens (tertiary/aromatic N) is 2. The molecule has 1 aromatic carbocycles. The number of alkyl halides is 3. The van der Waals surface area contributed by atoms with Gasteiger partial charge in [-0.2, -0.15) is 13.2 Å². The summed E-state index contributed by atoms with van der Waals surface area (Å²) in [5.41, 5.74) is 3.00. The number of rotatable bonds is 3. The highest BCUT2D eigenvalue weighted by molar-refractivity contribution is 5.78. The smallest absolute Gasteiger partial charge is 0.416 e. The molecule has 0 spiro atoms. The molecule has 27 heavy (non-hydrogen) atoms. The summed E-state index contributed by atoms with van der Waals surface area (Å²) in [5.74, 6) is 1.62. The number of fused-ring (bicyclic) bond motifs is 1. The molecule has 4 rings (SSSR count). The van der Waals surface area contributed by atoms with Gasteiger partial charge in [-0.1, -0.05) is 11.2 Å². The average Bonchev–Trinajstić information content (AvgIpc) is 3.23. The Kier molecular flexibility index (Phi) is 4.05. The monoisotopic (exact) mass is 375 g/mol. The van der Waals surface area contributed by atoms with Gasteiger partial charge in [0.05, 0.1) is 17.9 Å². The van der Waals surface area contributed by atoms with Crippen LogP contribution in [0.2, 0.25) is 0 Å². The number of hydrogen-bond acceptors (Lipinski definition) is 5. The largest absolute Gasteiger partial charge is 0.489 e. The number of hydrogen-bond donors (Lipinski definition) is 1. The van der Waals surface area contributed by atoms with E-state index in [2.05, 4.69) is 15.5 Å². The SMILES string of the molecule is Cc1noc(C)c1-c1cnc(Nc2cccc(C(F)(F)F)c2)c2c1CCO2. The number of ether oxygens (including phenoxy) is 1. The summed E-state index contributed by atoms with van der Waals surface area (Å²) in [6.07, 6.45) is -2.05. The van der Waals surface area contributed by atoms with Crippen molar-refractivity contribution in [1.29, 1.82) is 0 Å². The van der Waals surface area contributed by atoms with Crippen LogP contribution in [0, 0.1) is 13.8 Å². The zero-order valence-electron chi connectivity index (χ0n) is 14.6. The minimum Gasteiger partial charge on any atom is -0.489 e. The fourth-order valence-electron chi connectivity index (χ4n) is 3.27. The van der Waals surface area contributed by atoms with E-state index in [9.17, 15) is 13.2 Å². The first-order valence-electron chi connectivity index (χ1n) is 8.37. The highest BCUT2D eigenvalue weighted by atomic mass is 19.4. The summed E-state index contributed by atoms with van der Waals surface area (Å²) in [6.45, 7) is 4.16. The molecule has 2 aromatic heterocycles. The van der Waals surface area contributed by atoms with Crippen molar-refractivity contribution in [2.75, 3.05) is 11.9 Å². The second kappa shape index (κ2) is 6.29. The van der Waals surface area contributed by atoms with Crippen LogP contribution in [-0.4, -0.2) is 16.7 Å². The van der Waals surface area contributed by atoms with Crippen molar-refractivity contribution < 1.29 is 22.4 Å². The van der Waals surface area contributed by atoms with E-state index in [1.807, 2.05) is 13.8 Å². The summed E-state index contributed by atoms with van der Waals surface area (Å²) in [5, 5.41) is 6.92. The van der Waals surface area contributed by atoms with Crippen LogP contribution in [0.5, 0.6) is 5.75 Å². The fraction of sp³-hybridized carbons (Fsp3) is 0.263. The Morgan fingerprint density at radius 1 is 1.19 bits per heavy atom. The van der Waals surface area contributed by atoms with Crippen LogP contribution in [0.25, 0.3) is 11.1 Å². The zero-order valence-corrected chi connectivity index (χ0v) is 14.6. The Labute approximate surface area is 153 Å². The van der Waals surface area contributed by atoms with Crippen LogP contribution in [0.1, 0.15) is 22.6 Å². The van der Waals surface area contributed by atoms with Gasteiger partial charge in [0.15, 0.2) is 11.6 Å². The normalized spacial score (nSPS) is 13.4. The van der Waals surface area contributed by atoms with Gasteiger partial charge in [-0.3, -0.25) is 0 Å². The maximum atomic E-state index is 12.9. The van der Waals surface area contributed by atoms with Crippen LogP contribution in [-0.2, 0) is 12.6 Å². The van der Waals surface area contributed by atoms with Gasteiger partial charge in [-0.25, -0.2) is 4.98 Å². The number of nitrogens with one attached hydrogen (secondary N) is 1. The first kappa shape index (κ1) is 17.4. The highest BCUT2D eigenvalue weighted by Crippen LogP contribution is 2.42. The Balaban J connectivity index is 1.73. The first-order valence-corrected chi connectivity index (χ1v) is 8.37. The topological polar surface area (TPSA) is 60.2 Å². The van der Waals surface area contributed by atoms with Crippen LogP contribution >= 0.6 is 0 Å². The molecule has 0 amide bonds. The van der Waals surface area contributed by atoms with Gasteiger partial charge in [0.1, 0.15) is 5.76 Å². The summed E-state index contributed by atoms with van der Waals surface area (Å²) in [6, 6.07) is 4.98. The summed E-state index contributed by atoms with van der Waals surface area (Å²) >= 11 is 0. The Hall–Kier alpha value is -3.03. The molecule has 0 atom stereocenters. The van der Waals surface area contributed by atoms with E-state index in [4.69, 9.17) is 9.26 Å². The van der Waals surface area contributed by atoms with E-state index >= 15 is 0 Å². The predicted octanol–water partition coefficient (Wildman–Crippen LogP) is 5.05. The minimum atomic E-state index is -4.41.